The number of ether oxygens (including phenoxy) is 1. The second kappa shape index (κ2) is 6.46. The lowest BCUT2D eigenvalue weighted by molar-refractivity contribution is 0.254. The molecule has 1 aromatic heterocycles. The Kier molecular flexibility index (Phi) is 4.41. The van der Waals surface area contributed by atoms with Crippen LogP contribution in [-0.4, -0.2) is 18.3 Å². The molecule has 2 aromatic carbocycles. The minimum atomic E-state index is 0.0719. The molecular weight excluding hydrogens is 296 g/mol. The lowest BCUT2D eigenvalue weighted by Crippen LogP contribution is -2.05. The molecule has 0 bridgehead atoms. The zero-order valence-electron chi connectivity index (χ0n) is 12.5. The largest absolute Gasteiger partial charge is 0.492 e. The van der Waals surface area contributed by atoms with E-state index in [4.69, 9.17) is 9.84 Å². The van der Waals surface area contributed by atoms with Crippen molar-refractivity contribution >= 4 is 31.5 Å². The Balaban J connectivity index is 2.14. The zero-order chi connectivity index (χ0) is 15.5. The average molecular weight is 314 g/mol. The lowest BCUT2D eigenvalue weighted by atomic mass is 10.1. The van der Waals surface area contributed by atoms with Gasteiger partial charge in [-0.05, 0) is 43.5 Å². The number of rotatable bonds is 5. The summed E-state index contributed by atoms with van der Waals surface area (Å²) in [5, 5.41) is 10.3. The third-order valence-electron chi connectivity index (χ3n) is 3.71. The molecular formula is C18H18O3S. The number of fused-ring (bicyclic) bond motifs is 2. The molecule has 0 atom stereocenters. The third kappa shape index (κ3) is 2.72. The van der Waals surface area contributed by atoms with Gasteiger partial charge in [0.15, 0.2) is 5.43 Å². The van der Waals surface area contributed by atoms with Gasteiger partial charge in [0.05, 0.1) is 11.3 Å². The number of aryl methyl sites for hydroxylation is 1. The summed E-state index contributed by atoms with van der Waals surface area (Å²) >= 11 is 1.60. The second-order valence-corrected chi connectivity index (χ2v) is 6.34. The van der Waals surface area contributed by atoms with Crippen LogP contribution >= 0.6 is 11.3 Å². The molecule has 0 fully saturated rings. The molecule has 0 amide bonds. The van der Waals surface area contributed by atoms with Gasteiger partial charge in [-0.3, -0.25) is 4.79 Å². The highest BCUT2D eigenvalue weighted by atomic mass is 32.1. The Morgan fingerprint density at radius 1 is 1.14 bits per heavy atom. The molecule has 1 heterocycles. The van der Waals surface area contributed by atoms with Crippen LogP contribution in [0.15, 0.2) is 41.2 Å². The van der Waals surface area contributed by atoms with E-state index >= 15 is 0 Å². The van der Waals surface area contributed by atoms with Crippen molar-refractivity contribution in [2.75, 3.05) is 13.2 Å². The Morgan fingerprint density at radius 2 is 1.95 bits per heavy atom. The molecule has 1 N–H and O–H groups in total. The first-order valence-electron chi connectivity index (χ1n) is 7.41. The van der Waals surface area contributed by atoms with Crippen LogP contribution in [0.4, 0.5) is 0 Å². The molecule has 0 unspecified atom stereocenters. The fourth-order valence-electron chi connectivity index (χ4n) is 2.54. The van der Waals surface area contributed by atoms with Crippen LogP contribution < -0.4 is 10.2 Å². The van der Waals surface area contributed by atoms with E-state index in [0.717, 1.165) is 44.3 Å². The van der Waals surface area contributed by atoms with E-state index in [0.29, 0.717) is 6.61 Å². The Morgan fingerprint density at radius 3 is 2.77 bits per heavy atom. The van der Waals surface area contributed by atoms with E-state index in [-0.39, 0.29) is 12.0 Å². The number of aliphatic hydroxyl groups is 1. The maximum absolute atomic E-state index is 12.8. The summed E-state index contributed by atoms with van der Waals surface area (Å²) in [6.07, 6.45) is 1.53. The number of hydrogen-bond acceptors (Lipinski definition) is 4. The summed E-state index contributed by atoms with van der Waals surface area (Å²) in [5.41, 5.74) is 1.05. The van der Waals surface area contributed by atoms with Crippen molar-refractivity contribution < 1.29 is 9.84 Å². The molecule has 0 aliphatic carbocycles. The van der Waals surface area contributed by atoms with Gasteiger partial charge in [-0.25, -0.2) is 0 Å². The number of aliphatic hydroxyl groups excluding tert-OH is 1. The van der Waals surface area contributed by atoms with E-state index < -0.39 is 0 Å². The van der Waals surface area contributed by atoms with E-state index in [9.17, 15) is 4.79 Å². The average Bonchev–Trinajstić information content (AvgIpc) is 2.53. The summed E-state index contributed by atoms with van der Waals surface area (Å²) < 4.78 is 7.73. The monoisotopic (exact) mass is 314 g/mol. The quantitative estimate of drug-likeness (QED) is 0.574. The van der Waals surface area contributed by atoms with Gasteiger partial charge in [0, 0.05) is 22.1 Å². The SMILES string of the molecule is Cc1ccc(OCCCCO)c2sc3ccccc3c(=O)c12. The summed E-state index contributed by atoms with van der Waals surface area (Å²) in [4.78, 5) is 12.8. The van der Waals surface area contributed by atoms with Gasteiger partial charge in [0.25, 0.3) is 0 Å². The minimum absolute atomic E-state index is 0.0719. The van der Waals surface area contributed by atoms with E-state index in [1.165, 1.54) is 0 Å². The number of unbranched alkanes of at least 4 members (excludes halogenated alkanes) is 1. The summed E-state index contributed by atoms with van der Waals surface area (Å²) in [5.74, 6) is 0.756. The lowest BCUT2D eigenvalue weighted by Gasteiger charge is -2.11. The maximum atomic E-state index is 12.8. The number of hydrogen-bond donors (Lipinski definition) is 1. The van der Waals surface area contributed by atoms with Gasteiger partial charge in [-0.1, -0.05) is 18.2 Å². The van der Waals surface area contributed by atoms with Crippen LogP contribution in [0.2, 0.25) is 0 Å². The molecule has 0 aliphatic rings. The van der Waals surface area contributed by atoms with E-state index in [2.05, 4.69) is 0 Å². The van der Waals surface area contributed by atoms with E-state index in [1.807, 2.05) is 43.3 Å². The molecule has 0 aliphatic heterocycles. The van der Waals surface area contributed by atoms with Gasteiger partial charge < -0.3 is 9.84 Å². The molecule has 4 heteroatoms. The first-order valence-corrected chi connectivity index (χ1v) is 8.23. The molecule has 114 valence electrons. The van der Waals surface area contributed by atoms with Crippen molar-refractivity contribution in [3.63, 3.8) is 0 Å². The smallest absolute Gasteiger partial charge is 0.196 e. The van der Waals surface area contributed by atoms with Crippen molar-refractivity contribution in [3.05, 3.63) is 52.2 Å². The van der Waals surface area contributed by atoms with Gasteiger partial charge in [-0.15, -0.1) is 11.3 Å². The van der Waals surface area contributed by atoms with Crippen molar-refractivity contribution in [1.29, 1.82) is 0 Å². The van der Waals surface area contributed by atoms with Crippen molar-refractivity contribution in [2.45, 2.75) is 19.8 Å². The van der Waals surface area contributed by atoms with Crippen LogP contribution in [0, 0.1) is 6.92 Å². The van der Waals surface area contributed by atoms with Crippen molar-refractivity contribution in [3.8, 4) is 5.75 Å². The summed E-state index contributed by atoms with van der Waals surface area (Å²) in [6.45, 7) is 2.68. The Bertz CT molecular complexity index is 867. The highest BCUT2D eigenvalue weighted by Crippen LogP contribution is 2.33. The van der Waals surface area contributed by atoms with Crippen molar-refractivity contribution in [2.24, 2.45) is 0 Å². The first kappa shape index (κ1) is 15.0. The first-order chi connectivity index (χ1) is 10.7. The molecule has 3 aromatic rings. The molecule has 3 rings (SSSR count). The summed E-state index contributed by atoms with van der Waals surface area (Å²) in [6, 6.07) is 11.6. The molecule has 0 spiro atoms. The zero-order valence-corrected chi connectivity index (χ0v) is 13.3. The second-order valence-electron chi connectivity index (χ2n) is 5.29. The fraction of sp³-hybridized carbons (Fsp3) is 0.278. The van der Waals surface area contributed by atoms with Crippen molar-refractivity contribution in [1.82, 2.24) is 0 Å². The summed E-state index contributed by atoms with van der Waals surface area (Å²) in [7, 11) is 0. The van der Waals surface area contributed by atoms with Crippen LogP contribution in [0.3, 0.4) is 0 Å². The standard InChI is InChI=1S/C18H18O3S/c1-12-8-9-14(21-11-5-4-10-19)18-16(12)17(20)13-6-2-3-7-15(13)22-18/h2-3,6-9,19H,4-5,10-11H2,1H3. The van der Waals surface area contributed by atoms with Gasteiger partial charge in [-0.2, -0.15) is 0 Å². The van der Waals surface area contributed by atoms with Crippen LogP contribution in [0.1, 0.15) is 18.4 Å². The molecule has 0 saturated heterocycles. The van der Waals surface area contributed by atoms with Gasteiger partial charge in [0.1, 0.15) is 5.75 Å². The van der Waals surface area contributed by atoms with E-state index in [1.54, 1.807) is 11.3 Å². The van der Waals surface area contributed by atoms with Crippen LogP contribution in [0.25, 0.3) is 20.2 Å². The normalized spacial score (nSPS) is 11.2. The highest BCUT2D eigenvalue weighted by Gasteiger charge is 2.12. The number of benzene rings is 2. The van der Waals surface area contributed by atoms with Crippen LogP contribution in [0.5, 0.6) is 5.75 Å². The molecule has 3 nitrogen and oxygen atoms in total. The molecule has 0 saturated carbocycles. The Labute approximate surface area is 132 Å². The minimum Gasteiger partial charge on any atom is -0.492 e. The maximum Gasteiger partial charge on any atom is 0.196 e. The highest BCUT2D eigenvalue weighted by molar-refractivity contribution is 7.24. The van der Waals surface area contributed by atoms with Crippen LogP contribution in [-0.2, 0) is 0 Å². The van der Waals surface area contributed by atoms with Gasteiger partial charge in [0.2, 0.25) is 0 Å². The molecule has 22 heavy (non-hydrogen) atoms. The molecule has 0 radical (unpaired) electrons. The fourth-order valence-corrected chi connectivity index (χ4v) is 3.76. The predicted octanol–water partition coefficient (Wildman–Crippen LogP) is 3.87. The predicted molar refractivity (Wildman–Crippen MR) is 92.2 cm³/mol. The topological polar surface area (TPSA) is 46.5 Å². The Hall–Kier alpha value is -1.91. The van der Waals surface area contributed by atoms with Gasteiger partial charge >= 0.3 is 0 Å². The third-order valence-corrected chi connectivity index (χ3v) is 4.90.